The molecule has 0 aromatic heterocycles. The fourth-order valence-electron chi connectivity index (χ4n) is 2.61. The number of ether oxygens (including phenoxy) is 2. The zero-order valence-corrected chi connectivity index (χ0v) is 13.9. The van der Waals surface area contributed by atoms with E-state index in [0.717, 1.165) is 0 Å². The molecule has 0 aliphatic carbocycles. The fraction of sp³-hybridized carbons (Fsp3) is 0.100. The Bertz CT molecular complexity index is 979. The molecule has 0 aliphatic heterocycles. The van der Waals surface area contributed by atoms with Gasteiger partial charge in [-0.1, -0.05) is 36.4 Å². The van der Waals surface area contributed by atoms with E-state index in [0.29, 0.717) is 16.3 Å². The van der Waals surface area contributed by atoms with Gasteiger partial charge in [-0.25, -0.2) is 9.18 Å². The lowest BCUT2D eigenvalue weighted by Crippen LogP contribution is -2.10. The van der Waals surface area contributed by atoms with E-state index in [4.69, 9.17) is 9.47 Å². The maximum Gasteiger partial charge on any atom is 0.343 e. The van der Waals surface area contributed by atoms with E-state index in [2.05, 4.69) is 0 Å². The maximum atomic E-state index is 13.0. The molecule has 0 unspecified atom stereocenters. The number of carboxylic acid groups (broad SMARTS) is 1. The molecule has 0 atom stereocenters. The van der Waals surface area contributed by atoms with Crippen molar-refractivity contribution in [1.29, 1.82) is 0 Å². The SMILES string of the molecule is CC(=O)Oc1cc2ccccc2c(OCc2ccc(F)cc2)c1C(=O)O. The van der Waals surface area contributed by atoms with Gasteiger partial charge in [-0.2, -0.15) is 0 Å². The number of carbonyl (C=O) groups is 2. The molecule has 0 saturated carbocycles. The van der Waals surface area contributed by atoms with Crippen LogP contribution < -0.4 is 9.47 Å². The highest BCUT2D eigenvalue weighted by Crippen LogP contribution is 2.37. The number of esters is 1. The van der Waals surface area contributed by atoms with Crippen LogP contribution in [0.25, 0.3) is 10.8 Å². The maximum absolute atomic E-state index is 13.0. The topological polar surface area (TPSA) is 72.8 Å². The third-order valence-electron chi connectivity index (χ3n) is 3.73. The lowest BCUT2D eigenvalue weighted by Gasteiger charge is -2.15. The van der Waals surface area contributed by atoms with Gasteiger partial charge in [0.2, 0.25) is 0 Å². The standard InChI is InChI=1S/C20H15FO5/c1-12(22)26-17-10-14-4-2-3-5-16(14)19(18(17)20(23)24)25-11-13-6-8-15(21)9-7-13/h2-10H,11H2,1H3,(H,23,24). The van der Waals surface area contributed by atoms with Crippen LogP contribution in [0.4, 0.5) is 4.39 Å². The van der Waals surface area contributed by atoms with Crippen molar-refractivity contribution < 1.29 is 28.6 Å². The quantitative estimate of drug-likeness (QED) is 0.550. The average Bonchev–Trinajstić information content (AvgIpc) is 2.60. The largest absolute Gasteiger partial charge is 0.487 e. The first-order valence-corrected chi connectivity index (χ1v) is 7.80. The molecule has 0 radical (unpaired) electrons. The molecule has 0 aliphatic rings. The molecule has 0 fully saturated rings. The summed E-state index contributed by atoms with van der Waals surface area (Å²) in [6.07, 6.45) is 0. The van der Waals surface area contributed by atoms with Crippen molar-refractivity contribution >= 4 is 22.7 Å². The lowest BCUT2D eigenvalue weighted by molar-refractivity contribution is -0.131. The van der Waals surface area contributed by atoms with Crippen molar-refractivity contribution in [3.63, 3.8) is 0 Å². The Kier molecular flexibility index (Phi) is 4.84. The summed E-state index contributed by atoms with van der Waals surface area (Å²) < 4.78 is 23.9. The number of fused-ring (bicyclic) bond motifs is 1. The van der Waals surface area contributed by atoms with Gasteiger partial charge in [0.05, 0.1) is 0 Å². The minimum absolute atomic E-state index is 0.0358. The van der Waals surface area contributed by atoms with Crippen LogP contribution in [0.15, 0.2) is 54.6 Å². The Morgan fingerprint density at radius 3 is 2.42 bits per heavy atom. The average molecular weight is 354 g/mol. The van der Waals surface area contributed by atoms with Gasteiger partial charge in [-0.15, -0.1) is 0 Å². The highest BCUT2D eigenvalue weighted by Gasteiger charge is 2.23. The summed E-state index contributed by atoms with van der Waals surface area (Å²) in [5, 5.41) is 10.9. The van der Waals surface area contributed by atoms with Gasteiger partial charge in [0.25, 0.3) is 0 Å². The molecule has 3 aromatic carbocycles. The molecule has 0 amide bonds. The Morgan fingerprint density at radius 1 is 1.08 bits per heavy atom. The van der Waals surface area contributed by atoms with Crippen molar-refractivity contribution in [2.24, 2.45) is 0 Å². The third kappa shape index (κ3) is 3.64. The second-order valence-corrected chi connectivity index (χ2v) is 5.61. The first-order chi connectivity index (χ1) is 12.5. The minimum Gasteiger partial charge on any atom is -0.487 e. The van der Waals surface area contributed by atoms with E-state index in [9.17, 15) is 19.1 Å². The zero-order chi connectivity index (χ0) is 18.7. The van der Waals surface area contributed by atoms with Crippen molar-refractivity contribution in [2.45, 2.75) is 13.5 Å². The summed E-state index contributed by atoms with van der Waals surface area (Å²) in [6, 6.07) is 14.2. The van der Waals surface area contributed by atoms with Crippen LogP contribution in [-0.4, -0.2) is 17.0 Å². The molecule has 0 saturated heterocycles. The van der Waals surface area contributed by atoms with Gasteiger partial charge in [0, 0.05) is 12.3 Å². The van der Waals surface area contributed by atoms with Gasteiger partial charge < -0.3 is 14.6 Å². The van der Waals surface area contributed by atoms with Crippen LogP contribution in [0.2, 0.25) is 0 Å². The molecule has 6 heteroatoms. The predicted molar refractivity (Wildman–Crippen MR) is 92.9 cm³/mol. The van der Waals surface area contributed by atoms with E-state index in [1.54, 1.807) is 36.4 Å². The molecule has 132 valence electrons. The number of aromatic carboxylic acids is 1. The summed E-state index contributed by atoms with van der Waals surface area (Å²) in [4.78, 5) is 23.2. The summed E-state index contributed by atoms with van der Waals surface area (Å²) in [6.45, 7) is 1.23. The third-order valence-corrected chi connectivity index (χ3v) is 3.73. The van der Waals surface area contributed by atoms with Crippen molar-refractivity contribution in [3.8, 4) is 11.5 Å². The van der Waals surface area contributed by atoms with E-state index in [-0.39, 0.29) is 29.5 Å². The molecule has 1 N–H and O–H groups in total. The number of rotatable bonds is 5. The van der Waals surface area contributed by atoms with Gasteiger partial charge >= 0.3 is 11.9 Å². The van der Waals surface area contributed by atoms with Crippen molar-refractivity contribution in [1.82, 2.24) is 0 Å². The van der Waals surface area contributed by atoms with Crippen LogP contribution in [0, 0.1) is 5.82 Å². The second-order valence-electron chi connectivity index (χ2n) is 5.61. The zero-order valence-electron chi connectivity index (χ0n) is 13.9. The predicted octanol–water partition coefficient (Wildman–Crippen LogP) is 4.18. The van der Waals surface area contributed by atoms with E-state index >= 15 is 0 Å². The number of carboxylic acids is 1. The monoisotopic (exact) mass is 354 g/mol. The van der Waals surface area contributed by atoms with Gasteiger partial charge in [0.15, 0.2) is 0 Å². The minimum atomic E-state index is -1.28. The molecule has 5 nitrogen and oxygen atoms in total. The number of hydrogen-bond donors (Lipinski definition) is 1. The Hall–Kier alpha value is -3.41. The number of benzene rings is 3. The Morgan fingerprint density at radius 2 is 1.77 bits per heavy atom. The Balaban J connectivity index is 2.10. The van der Waals surface area contributed by atoms with Crippen molar-refractivity contribution in [2.75, 3.05) is 0 Å². The van der Waals surface area contributed by atoms with E-state index < -0.39 is 11.9 Å². The van der Waals surface area contributed by atoms with Crippen LogP contribution in [0.1, 0.15) is 22.8 Å². The van der Waals surface area contributed by atoms with Gasteiger partial charge in [-0.05, 0) is 29.1 Å². The molecular formula is C20H15FO5. The number of halogens is 1. The fourth-order valence-corrected chi connectivity index (χ4v) is 2.61. The lowest BCUT2D eigenvalue weighted by atomic mass is 10.0. The summed E-state index contributed by atoms with van der Waals surface area (Å²) >= 11 is 0. The van der Waals surface area contributed by atoms with Crippen molar-refractivity contribution in [3.05, 3.63) is 71.5 Å². The van der Waals surface area contributed by atoms with Gasteiger partial charge in [-0.3, -0.25) is 4.79 Å². The molecular weight excluding hydrogens is 339 g/mol. The smallest absolute Gasteiger partial charge is 0.343 e. The highest BCUT2D eigenvalue weighted by molar-refractivity contribution is 6.04. The molecule has 3 aromatic rings. The molecule has 3 rings (SSSR count). The van der Waals surface area contributed by atoms with Crippen LogP contribution in [0.3, 0.4) is 0 Å². The highest BCUT2D eigenvalue weighted by atomic mass is 19.1. The molecule has 0 heterocycles. The normalized spacial score (nSPS) is 10.5. The molecule has 0 bridgehead atoms. The summed E-state index contributed by atoms with van der Waals surface area (Å²) in [5.74, 6) is -2.27. The summed E-state index contributed by atoms with van der Waals surface area (Å²) in [7, 11) is 0. The van der Waals surface area contributed by atoms with Gasteiger partial charge in [0.1, 0.15) is 29.5 Å². The number of carbonyl (C=O) groups excluding carboxylic acids is 1. The summed E-state index contributed by atoms with van der Waals surface area (Å²) in [5.41, 5.74) is 0.436. The van der Waals surface area contributed by atoms with Crippen LogP contribution in [-0.2, 0) is 11.4 Å². The molecule has 26 heavy (non-hydrogen) atoms. The van der Waals surface area contributed by atoms with Crippen LogP contribution >= 0.6 is 0 Å². The number of hydrogen-bond acceptors (Lipinski definition) is 4. The van der Waals surface area contributed by atoms with E-state index in [1.165, 1.54) is 25.1 Å². The van der Waals surface area contributed by atoms with Crippen LogP contribution in [0.5, 0.6) is 11.5 Å². The van der Waals surface area contributed by atoms with E-state index in [1.807, 2.05) is 0 Å². The Labute approximate surface area is 148 Å². The molecule has 0 spiro atoms. The first kappa shape index (κ1) is 17.4. The second kappa shape index (κ2) is 7.23. The first-order valence-electron chi connectivity index (χ1n) is 7.80.